The Bertz CT molecular complexity index is 808. The Morgan fingerprint density at radius 2 is 2.27 bits per heavy atom. The van der Waals surface area contributed by atoms with Crippen molar-refractivity contribution in [3.8, 4) is 5.75 Å². The van der Waals surface area contributed by atoms with Gasteiger partial charge >= 0.3 is 0 Å². The second-order valence-electron chi connectivity index (χ2n) is 6.97. The fraction of sp³-hybridized carbons (Fsp3) is 0.474. The summed E-state index contributed by atoms with van der Waals surface area (Å²) in [6.45, 7) is 3.27. The number of benzene rings is 1. The number of carbonyl (C=O) groups is 1. The van der Waals surface area contributed by atoms with E-state index in [0.717, 1.165) is 12.8 Å². The van der Waals surface area contributed by atoms with Gasteiger partial charge in [-0.05, 0) is 31.9 Å². The highest BCUT2D eigenvalue weighted by atomic mass is 19.1. The number of ether oxygens (including phenoxy) is 2. The maximum atomic E-state index is 13.8. The summed E-state index contributed by atoms with van der Waals surface area (Å²) >= 11 is 0. The zero-order chi connectivity index (χ0) is 18.1. The molecule has 3 heterocycles. The minimum Gasteiger partial charge on any atom is -0.485 e. The summed E-state index contributed by atoms with van der Waals surface area (Å²) in [7, 11) is 0. The van der Waals surface area contributed by atoms with Gasteiger partial charge < -0.3 is 18.8 Å². The zero-order valence-corrected chi connectivity index (χ0v) is 14.6. The predicted molar refractivity (Wildman–Crippen MR) is 90.5 cm³/mol. The number of halogens is 1. The van der Waals surface area contributed by atoms with Crippen LogP contribution in [0.15, 0.2) is 35.1 Å². The molecule has 4 rings (SSSR count). The largest absolute Gasteiger partial charge is 0.485 e. The summed E-state index contributed by atoms with van der Waals surface area (Å²) in [6.07, 6.45) is 3.37. The third-order valence-corrected chi connectivity index (χ3v) is 5.07. The molecule has 1 aromatic heterocycles. The van der Waals surface area contributed by atoms with Crippen molar-refractivity contribution in [3.63, 3.8) is 0 Å². The zero-order valence-electron chi connectivity index (χ0n) is 14.6. The quantitative estimate of drug-likeness (QED) is 0.842. The molecule has 0 saturated carbocycles. The molecule has 2 atom stereocenters. The van der Waals surface area contributed by atoms with Crippen LogP contribution >= 0.6 is 0 Å². The van der Waals surface area contributed by atoms with Gasteiger partial charge in [-0.1, -0.05) is 12.1 Å². The van der Waals surface area contributed by atoms with Gasteiger partial charge in [-0.3, -0.25) is 4.79 Å². The number of nitrogens with zero attached hydrogens (tertiary/aromatic N) is 2. The lowest BCUT2D eigenvalue weighted by Crippen LogP contribution is -2.50. The van der Waals surface area contributed by atoms with Crippen LogP contribution in [0.25, 0.3) is 0 Å². The van der Waals surface area contributed by atoms with Crippen LogP contribution in [-0.4, -0.2) is 47.2 Å². The van der Waals surface area contributed by atoms with Gasteiger partial charge in [-0.15, -0.1) is 0 Å². The number of carbonyl (C=O) groups excluding carboxylic acids is 1. The summed E-state index contributed by atoms with van der Waals surface area (Å²) < 4.78 is 30.9. The topological polar surface area (TPSA) is 64.8 Å². The van der Waals surface area contributed by atoms with Crippen molar-refractivity contribution in [2.24, 2.45) is 0 Å². The fourth-order valence-electron chi connectivity index (χ4n) is 3.80. The monoisotopic (exact) mass is 360 g/mol. The van der Waals surface area contributed by atoms with Crippen LogP contribution in [0.5, 0.6) is 5.75 Å². The van der Waals surface area contributed by atoms with E-state index in [9.17, 15) is 9.18 Å². The number of piperidine rings is 1. The van der Waals surface area contributed by atoms with Gasteiger partial charge in [-0.25, -0.2) is 9.37 Å². The smallest absolute Gasteiger partial charge is 0.291 e. The summed E-state index contributed by atoms with van der Waals surface area (Å²) in [4.78, 5) is 18.4. The molecule has 1 spiro atoms. The van der Waals surface area contributed by atoms with Crippen molar-refractivity contribution in [1.29, 1.82) is 0 Å². The van der Waals surface area contributed by atoms with Crippen molar-refractivity contribution >= 4 is 5.91 Å². The van der Waals surface area contributed by atoms with E-state index in [0.29, 0.717) is 31.8 Å². The fourth-order valence-corrected chi connectivity index (χ4v) is 3.80. The minimum atomic E-state index is -0.447. The summed E-state index contributed by atoms with van der Waals surface area (Å²) in [5, 5.41) is 0. The highest BCUT2D eigenvalue weighted by Crippen LogP contribution is 2.37. The van der Waals surface area contributed by atoms with Crippen LogP contribution in [0.3, 0.4) is 0 Å². The molecule has 2 fully saturated rings. The van der Waals surface area contributed by atoms with E-state index >= 15 is 0 Å². The SMILES string of the molecule is Cc1ncoc1C(=O)N1CCC[C@@]2(C[C@@H](Oc3ccccc3F)CO2)C1. The number of hydrogen-bond acceptors (Lipinski definition) is 5. The van der Waals surface area contributed by atoms with Gasteiger partial charge in [-0.2, -0.15) is 0 Å². The molecule has 0 N–H and O–H groups in total. The first-order chi connectivity index (χ1) is 12.6. The van der Waals surface area contributed by atoms with E-state index in [4.69, 9.17) is 13.9 Å². The Kier molecular flexibility index (Phi) is 4.40. The Labute approximate surface area is 150 Å². The number of amides is 1. The van der Waals surface area contributed by atoms with Gasteiger partial charge in [0.15, 0.2) is 18.0 Å². The van der Waals surface area contributed by atoms with Crippen LogP contribution in [-0.2, 0) is 4.74 Å². The van der Waals surface area contributed by atoms with Crippen molar-refractivity contribution in [2.45, 2.75) is 37.9 Å². The molecule has 2 aliphatic rings. The molecule has 0 unspecified atom stereocenters. The number of oxazole rings is 1. The van der Waals surface area contributed by atoms with Crippen LogP contribution < -0.4 is 4.74 Å². The van der Waals surface area contributed by atoms with E-state index in [1.165, 1.54) is 12.5 Å². The first-order valence-corrected chi connectivity index (χ1v) is 8.81. The molecule has 2 saturated heterocycles. The molecule has 1 aromatic carbocycles. The van der Waals surface area contributed by atoms with Crippen molar-refractivity contribution in [2.75, 3.05) is 19.7 Å². The van der Waals surface area contributed by atoms with E-state index in [1.54, 1.807) is 30.0 Å². The lowest BCUT2D eigenvalue weighted by molar-refractivity contribution is -0.0459. The molecular weight excluding hydrogens is 339 g/mol. The summed E-state index contributed by atoms with van der Waals surface area (Å²) in [5.74, 6) is -0.0331. The molecule has 7 heteroatoms. The van der Waals surface area contributed by atoms with Crippen LogP contribution in [0, 0.1) is 12.7 Å². The van der Waals surface area contributed by atoms with Gasteiger partial charge in [0.05, 0.1) is 24.4 Å². The van der Waals surface area contributed by atoms with E-state index in [2.05, 4.69) is 4.98 Å². The average molecular weight is 360 g/mol. The van der Waals surface area contributed by atoms with Crippen LogP contribution in [0.1, 0.15) is 35.5 Å². The van der Waals surface area contributed by atoms with Gasteiger partial charge in [0.25, 0.3) is 5.91 Å². The summed E-state index contributed by atoms with van der Waals surface area (Å²) in [6, 6.07) is 6.36. The third-order valence-electron chi connectivity index (χ3n) is 5.07. The van der Waals surface area contributed by atoms with Crippen molar-refractivity contribution < 1.29 is 23.1 Å². The Morgan fingerprint density at radius 1 is 1.42 bits per heavy atom. The second-order valence-corrected chi connectivity index (χ2v) is 6.97. The van der Waals surface area contributed by atoms with E-state index in [-0.39, 0.29) is 29.3 Å². The normalized spacial score (nSPS) is 25.6. The molecule has 2 aliphatic heterocycles. The second kappa shape index (κ2) is 6.72. The molecule has 1 amide bonds. The van der Waals surface area contributed by atoms with Crippen molar-refractivity contribution in [1.82, 2.24) is 9.88 Å². The average Bonchev–Trinajstić information content (AvgIpc) is 3.23. The lowest BCUT2D eigenvalue weighted by atomic mass is 9.89. The first-order valence-electron chi connectivity index (χ1n) is 8.81. The molecular formula is C19H21FN2O4. The Morgan fingerprint density at radius 3 is 3.04 bits per heavy atom. The number of rotatable bonds is 3. The standard InChI is InChI=1S/C19H21FN2O4/c1-13-17(24-12-21-13)18(23)22-8-4-7-19(11-22)9-14(10-25-19)26-16-6-3-2-5-15(16)20/h2-3,5-6,12,14H,4,7-11H2,1H3/t14-,19-/m1/s1. The number of likely N-dealkylation sites (tertiary alicyclic amines) is 1. The maximum absolute atomic E-state index is 13.8. The van der Waals surface area contributed by atoms with Gasteiger partial charge in [0.1, 0.15) is 6.10 Å². The highest BCUT2D eigenvalue weighted by Gasteiger charge is 2.46. The number of aryl methyl sites for hydroxylation is 1. The van der Waals surface area contributed by atoms with Crippen molar-refractivity contribution in [3.05, 3.63) is 47.9 Å². The molecule has 0 radical (unpaired) electrons. The van der Waals surface area contributed by atoms with Gasteiger partial charge in [0.2, 0.25) is 5.76 Å². The van der Waals surface area contributed by atoms with Crippen LogP contribution in [0.4, 0.5) is 4.39 Å². The molecule has 2 aromatic rings. The molecule has 138 valence electrons. The summed E-state index contributed by atoms with van der Waals surface area (Å²) in [5.41, 5.74) is 0.139. The van der Waals surface area contributed by atoms with E-state index in [1.807, 2.05) is 0 Å². The molecule has 0 bridgehead atoms. The lowest BCUT2D eigenvalue weighted by Gasteiger charge is -2.39. The molecule has 6 nitrogen and oxygen atoms in total. The molecule has 26 heavy (non-hydrogen) atoms. The Balaban J connectivity index is 1.43. The number of aromatic nitrogens is 1. The molecule has 0 aliphatic carbocycles. The van der Waals surface area contributed by atoms with Crippen LogP contribution in [0.2, 0.25) is 0 Å². The first kappa shape index (κ1) is 17.0. The van der Waals surface area contributed by atoms with Gasteiger partial charge in [0, 0.05) is 13.0 Å². The number of para-hydroxylation sites is 1. The third kappa shape index (κ3) is 3.19. The minimum absolute atomic E-state index is 0.166. The number of hydrogen-bond donors (Lipinski definition) is 0. The van der Waals surface area contributed by atoms with E-state index < -0.39 is 5.60 Å². The predicted octanol–water partition coefficient (Wildman–Crippen LogP) is 2.96. The highest BCUT2D eigenvalue weighted by molar-refractivity contribution is 5.92. The Hall–Kier alpha value is -2.41. The maximum Gasteiger partial charge on any atom is 0.291 e.